The van der Waals surface area contributed by atoms with E-state index in [0.29, 0.717) is 51.2 Å². The van der Waals surface area contributed by atoms with Crippen LogP contribution in [0.4, 0.5) is 5.82 Å². The van der Waals surface area contributed by atoms with E-state index in [2.05, 4.69) is 31.8 Å². The zero-order valence-electron chi connectivity index (χ0n) is 15.2. The summed E-state index contributed by atoms with van der Waals surface area (Å²) in [5.74, 6) is 6.17. The summed E-state index contributed by atoms with van der Waals surface area (Å²) < 4.78 is 24.6. The van der Waals surface area contributed by atoms with E-state index in [0.717, 1.165) is 0 Å². The van der Waals surface area contributed by atoms with Gasteiger partial charge in [-0.05, 0) is 19.7 Å². The minimum absolute atomic E-state index is 0.0757. The highest BCUT2D eigenvalue weighted by Gasteiger charge is 2.37. The molecule has 2 aromatic rings. The smallest absolute Gasteiger partial charge is 0.182 e. The second-order valence-corrected chi connectivity index (χ2v) is 11.4. The topological polar surface area (TPSA) is 167 Å². The van der Waals surface area contributed by atoms with Gasteiger partial charge in [0.05, 0.1) is 29.7 Å². The van der Waals surface area contributed by atoms with Gasteiger partial charge in [-0.2, -0.15) is 0 Å². The van der Waals surface area contributed by atoms with Crippen LogP contribution >= 0.6 is 24.4 Å². The summed E-state index contributed by atoms with van der Waals surface area (Å²) in [4.78, 5) is 11.1. The highest BCUT2D eigenvalue weighted by molar-refractivity contribution is 8.40. The maximum atomic E-state index is 10.8. The summed E-state index contributed by atoms with van der Waals surface area (Å²) in [7, 11) is 0.964. The van der Waals surface area contributed by atoms with Gasteiger partial charge < -0.3 is 25.5 Å². The molecule has 2 unspecified atom stereocenters. The third-order valence-electron chi connectivity index (χ3n) is 4.29. The van der Waals surface area contributed by atoms with E-state index in [9.17, 15) is 4.57 Å². The first-order chi connectivity index (χ1) is 14.2. The molecule has 0 saturated carbocycles. The van der Waals surface area contributed by atoms with Gasteiger partial charge in [0, 0.05) is 17.5 Å². The first kappa shape index (κ1) is 21.8. The van der Waals surface area contributed by atoms with Crippen LogP contribution in [0.5, 0.6) is 0 Å². The Morgan fingerprint density at radius 1 is 1.55 bits per heavy atom. The van der Waals surface area contributed by atoms with Crippen molar-refractivity contribution in [1.82, 2.24) is 14.5 Å². The molecule has 14 heteroatoms. The van der Waals surface area contributed by atoms with Crippen molar-refractivity contribution in [2.75, 3.05) is 25.2 Å². The van der Waals surface area contributed by atoms with E-state index in [4.69, 9.17) is 26.5 Å². The fourth-order valence-corrected chi connectivity index (χ4v) is 6.32. The number of aromatic nitrogens is 3. The lowest BCUT2D eigenvalue weighted by molar-refractivity contribution is -0.0235. The van der Waals surface area contributed by atoms with Gasteiger partial charge in [-0.1, -0.05) is 25.2 Å². The van der Waals surface area contributed by atoms with Crippen LogP contribution in [0, 0.1) is 11.8 Å². The molecule has 0 aliphatic carbocycles. The highest BCUT2D eigenvalue weighted by atomic mass is 32.4. The molecule has 1 fully saturated rings. The quantitative estimate of drug-likeness (QED) is 0.155. The summed E-state index contributed by atoms with van der Waals surface area (Å²) >= 11 is 0. The van der Waals surface area contributed by atoms with Crippen LogP contribution in [0.1, 0.15) is 18.2 Å². The summed E-state index contributed by atoms with van der Waals surface area (Å²) in [6, 6.07) is 0. The van der Waals surface area contributed by atoms with Crippen LogP contribution in [0.15, 0.2) is 17.6 Å². The Morgan fingerprint density at radius 3 is 3.17 bits per heavy atom. The van der Waals surface area contributed by atoms with Crippen LogP contribution < -0.4 is 11.5 Å². The Labute approximate surface area is 171 Å². The Morgan fingerprint density at radius 2 is 2.41 bits per heavy atom. The van der Waals surface area contributed by atoms with Crippen LogP contribution in [-0.2, 0) is 14.0 Å². The SMILES string of the molecule is [N-]=[N+]=NCO[C@@H]1C[C@H](n2cc(C#CCN)c3c(N)ncnc32)O[C@@H]1CPPP=O. The molecule has 1 aliphatic heterocycles. The number of nitrogens with zero attached hydrogens (tertiary/aromatic N) is 6. The van der Waals surface area contributed by atoms with Gasteiger partial charge in [0.2, 0.25) is 0 Å². The first-order valence-corrected chi connectivity index (χ1v) is 13.4. The van der Waals surface area contributed by atoms with E-state index in [1.807, 2.05) is 10.8 Å². The standard InChI is InChI=1S/C15H19N8O3P3/c16-3-1-2-9-5-23(15-13(9)14(17)19-7-20-15)12-4-10(25-8-21-22-18)11(26-12)6-27-29-28-24/h5,7,10-12,27,29H,3-4,6,8,16H2,(H2,17,19,20)/t10-,11-,12-/m1/s1. The van der Waals surface area contributed by atoms with Gasteiger partial charge >= 0.3 is 0 Å². The van der Waals surface area contributed by atoms with Gasteiger partial charge in [-0.15, -0.1) is 0 Å². The maximum Gasteiger partial charge on any atom is 0.182 e. The number of nitrogen functional groups attached to an aromatic ring is 1. The Balaban J connectivity index is 1.90. The van der Waals surface area contributed by atoms with Crippen LogP contribution in [-0.4, -0.2) is 46.2 Å². The second kappa shape index (κ2) is 10.8. The number of ether oxygens (including phenoxy) is 2. The monoisotopic (exact) mass is 452 g/mol. The van der Waals surface area contributed by atoms with Crippen molar-refractivity contribution in [2.45, 2.75) is 24.9 Å². The molecule has 2 aromatic heterocycles. The number of nitrogens with two attached hydrogens (primary N) is 2. The third kappa shape index (κ3) is 5.19. The number of anilines is 1. The van der Waals surface area contributed by atoms with Crippen molar-refractivity contribution in [3.8, 4) is 11.8 Å². The Bertz CT molecular complexity index is 984. The van der Waals surface area contributed by atoms with E-state index in [-0.39, 0.29) is 39.9 Å². The van der Waals surface area contributed by atoms with Crippen molar-refractivity contribution in [2.24, 2.45) is 10.8 Å². The van der Waals surface area contributed by atoms with E-state index in [1.165, 1.54) is 6.33 Å². The third-order valence-corrected chi connectivity index (χ3v) is 8.75. The van der Waals surface area contributed by atoms with E-state index >= 15 is 0 Å². The van der Waals surface area contributed by atoms with Crippen LogP contribution in [0.2, 0.25) is 0 Å². The molecule has 1 aliphatic rings. The normalized spacial score (nSPS) is 21.9. The molecular weight excluding hydrogens is 433 g/mol. The summed E-state index contributed by atoms with van der Waals surface area (Å²) in [6.45, 7) is 0.145. The van der Waals surface area contributed by atoms with Crippen molar-refractivity contribution in [1.29, 1.82) is 0 Å². The molecule has 0 radical (unpaired) electrons. The zero-order valence-corrected chi connectivity index (χ0v) is 18.1. The lowest BCUT2D eigenvalue weighted by atomic mass is 10.2. The molecule has 11 nitrogen and oxygen atoms in total. The summed E-state index contributed by atoms with van der Waals surface area (Å²) in [5, 5.41) is 4.10. The molecule has 0 amide bonds. The Hall–Kier alpha value is -1.87. The number of rotatable bonds is 8. The summed E-state index contributed by atoms with van der Waals surface area (Å²) in [6.07, 6.45) is 3.63. The minimum Gasteiger partial charge on any atom is -0.383 e. The molecule has 3 heterocycles. The molecule has 5 atom stereocenters. The lowest BCUT2D eigenvalue weighted by Crippen LogP contribution is -2.26. The molecule has 0 aromatic carbocycles. The first-order valence-electron chi connectivity index (χ1n) is 8.57. The fraction of sp³-hybridized carbons (Fsp3) is 0.467. The van der Waals surface area contributed by atoms with Gasteiger partial charge in [0.1, 0.15) is 30.8 Å². The highest BCUT2D eigenvalue weighted by Crippen LogP contribution is 2.49. The molecule has 4 N–H and O–H groups in total. The fourth-order valence-electron chi connectivity index (χ4n) is 3.13. The summed E-state index contributed by atoms with van der Waals surface area (Å²) in [5.41, 5.74) is 21.3. The molecule has 1 saturated heterocycles. The van der Waals surface area contributed by atoms with Crippen molar-refractivity contribution < 1.29 is 14.0 Å². The van der Waals surface area contributed by atoms with Gasteiger partial charge in [-0.25, -0.2) is 9.97 Å². The van der Waals surface area contributed by atoms with Crippen molar-refractivity contribution in [3.05, 3.63) is 28.5 Å². The van der Waals surface area contributed by atoms with Gasteiger partial charge in [0.15, 0.2) is 8.15 Å². The second-order valence-electron chi connectivity index (χ2n) is 5.93. The molecular formula is C15H19N8O3P3. The average molecular weight is 452 g/mol. The molecule has 152 valence electrons. The van der Waals surface area contributed by atoms with Crippen molar-refractivity contribution in [3.63, 3.8) is 0 Å². The molecule has 0 bridgehead atoms. The average Bonchev–Trinajstić information content (AvgIpc) is 3.29. The van der Waals surface area contributed by atoms with Crippen LogP contribution in [0.3, 0.4) is 0 Å². The van der Waals surface area contributed by atoms with Crippen LogP contribution in [0.25, 0.3) is 21.5 Å². The number of azide groups is 1. The van der Waals surface area contributed by atoms with Gasteiger partial charge in [0.25, 0.3) is 0 Å². The number of fused-ring (bicyclic) bond motifs is 1. The lowest BCUT2D eigenvalue weighted by Gasteiger charge is -2.17. The molecule has 3 rings (SSSR count). The minimum atomic E-state index is -0.362. The van der Waals surface area contributed by atoms with Gasteiger partial charge in [-0.3, -0.25) is 4.57 Å². The predicted octanol–water partition coefficient (Wildman–Crippen LogP) is 2.74. The van der Waals surface area contributed by atoms with E-state index in [1.54, 1.807) is 0 Å². The largest absolute Gasteiger partial charge is 0.383 e. The molecule has 0 spiro atoms. The zero-order chi connectivity index (χ0) is 20.6. The number of hydrogen-bond acceptors (Lipinski definition) is 8. The maximum absolute atomic E-state index is 10.8. The van der Waals surface area contributed by atoms with Crippen molar-refractivity contribution >= 4 is 41.2 Å². The Kier molecular flexibility index (Phi) is 8.11. The number of hydrogen-bond donors (Lipinski definition) is 2. The van der Waals surface area contributed by atoms with E-state index < -0.39 is 0 Å². The molecule has 29 heavy (non-hydrogen) atoms. The predicted molar refractivity (Wildman–Crippen MR) is 114 cm³/mol.